The smallest absolute Gasteiger partial charge is 0.244 e. The van der Waals surface area contributed by atoms with E-state index < -0.39 is 10.0 Å². The Morgan fingerprint density at radius 3 is 2.54 bits per heavy atom. The summed E-state index contributed by atoms with van der Waals surface area (Å²) in [4.78, 5) is 12.0. The van der Waals surface area contributed by atoms with E-state index in [0.29, 0.717) is 17.0 Å². The maximum atomic E-state index is 12.0. The summed E-state index contributed by atoms with van der Waals surface area (Å²) >= 11 is 0. The predicted molar refractivity (Wildman–Crippen MR) is 93.9 cm³/mol. The van der Waals surface area contributed by atoms with Gasteiger partial charge in [0.2, 0.25) is 15.9 Å². The molecule has 24 heavy (non-hydrogen) atoms. The third-order valence-corrected chi connectivity index (χ3v) is 3.83. The van der Waals surface area contributed by atoms with E-state index in [9.17, 15) is 13.2 Å². The zero-order valence-electron chi connectivity index (χ0n) is 13.7. The summed E-state index contributed by atoms with van der Waals surface area (Å²) < 4.78 is 30.7. The number of amides is 1. The lowest BCUT2D eigenvalue weighted by atomic mass is 10.1. The number of sulfonamides is 1. The molecule has 0 saturated heterocycles. The first-order valence-corrected chi connectivity index (χ1v) is 9.25. The van der Waals surface area contributed by atoms with Gasteiger partial charge in [-0.25, -0.2) is 8.42 Å². The lowest BCUT2D eigenvalue weighted by molar-refractivity contribution is -0.117. The molecular weight excluding hydrogens is 328 g/mol. The van der Waals surface area contributed by atoms with Gasteiger partial charge in [-0.05, 0) is 43.7 Å². The average molecular weight is 348 g/mol. The molecule has 1 atom stereocenters. The van der Waals surface area contributed by atoms with E-state index in [1.807, 2.05) is 13.0 Å². The van der Waals surface area contributed by atoms with Crippen LogP contribution < -0.4 is 10.0 Å². The second-order valence-electron chi connectivity index (χ2n) is 5.47. The zero-order valence-corrected chi connectivity index (χ0v) is 14.6. The van der Waals surface area contributed by atoms with E-state index in [-0.39, 0.29) is 11.9 Å². The van der Waals surface area contributed by atoms with Gasteiger partial charge in [0, 0.05) is 6.08 Å². The number of aryl methyl sites for hydroxylation is 1. The van der Waals surface area contributed by atoms with Crippen molar-refractivity contribution < 1.29 is 17.6 Å². The van der Waals surface area contributed by atoms with Gasteiger partial charge in [0.1, 0.15) is 11.5 Å². The first-order chi connectivity index (χ1) is 11.2. The highest BCUT2D eigenvalue weighted by Crippen LogP contribution is 2.23. The van der Waals surface area contributed by atoms with Crippen molar-refractivity contribution in [3.63, 3.8) is 0 Å². The van der Waals surface area contributed by atoms with Crippen molar-refractivity contribution in [2.24, 2.45) is 0 Å². The molecule has 1 aromatic carbocycles. The molecule has 6 nitrogen and oxygen atoms in total. The van der Waals surface area contributed by atoms with Gasteiger partial charge in [0.15, 0.2) is 0 Å². The van der Waals surface area contributed by atoms with Crippen LogP contribution in [-0.2, 0) is 14.8 Å². The van der Waals surface area contributed by atoms with Crippen LogP contribution in [0.3, 0.4) is 0 Å². The van der Waals surface area contributed by atoms with E-state index in [1.54, 1.807) is 43.3 Å². The third-order valence-electron chi connectivity index (χ3n) is 3.24. The molecule has 0 bridgehead atoms. The maximum Gasteiger partial charge on any atom is 0.244 e. The fraction of sp³-hybridized carbons (Fsp3) is 0.235. The standard InChI is InChI=1S/C17H20N2O4S/c1-12-8-9-14(23-12)10-11-17(20)18-13(2)15-6-4-5-7-16(15)19-24(3,21)22/h4-11,13,19H,1-3H3,(H,18,20). The summed E-state index contributed by atoms with van der Waals surface area (Å²) in [5.74, 6) is 1.06. The topological polar surface area (TPSA) is 88.4 Å². The number of para-hydroxylation sites is 1. The van der Waals surface area contributed by atoms with Crippen LogP contribution in [0.1, 0.15) is 30.0 Å². The molecule has 2 aromatic rings. The molecule has 7 heteroatoms. The largest absolute Gasteiger partial charge is 0.462 e. The van der Waals surface area contributed by atoms with Crippen LogP contribution in [0.15, 0.2) is 46.9 Å². The van der Waals surface area contributed by atoms with Crippen LogP contribution in [0, 0.1) is 6.92 Å². The molecule has 0 aliphatic rings. The normalized spacial score (nSPS) is 13.0. The van der Waals surface area contributed by atoms with Crippen molar-refractivity contribution >= 4 is 27.7 Å². The van der Waals surface area contributed by atoms with Gasteiger partial charge >= 0.3 is 0 Å². The van der Waals surface area contributed by atoms with Gasteiger partial charge in [0.25, 0.3) is 0 Å². The van der Waals surface area contributed by atoms with Crippen LogP contribution in [0.5, 0.6) is 0 Å². The van der Waals surface area contributed by atoms with Crippen molar-refractivity contribution in [2.75, 3.05) is 11.0 Å². The fourth-order valence-corrected chi connectivity index (χ4v) is 2.79. The first kappa shape index (κ1) is 17.8. The van der Waals surface area contributed by atoms with Crippen LogP contribution in [0.2, 0.25) is 0 Å². The van der Waals surface area contributed by atoms with Gasteiger partial charge in [-0.1, -0.05) is 18.2 Å². The summed E-state index contributed by atoms with van der Waals surface area (Å²) in [6, 6.07) is 10.1. The molecular formula is C17H20N2O4S. The lowest BCUT2D eigenvalue weighted by Crippen LogP contribution is -2.25. The highest BCUT2D eigenvalue weighted by Gasteiger charge is 2.14. The van der Waals surface area contributed by atoms with Gasteiger partial charge in [-0.3, -0.25) is 9.52 Å². The van der Waals surface area contributed by atoms with E-state index in [4.69, 9.17) is 4.42 Å². The predicted octanol–water partition coefficient (Wildman–Crippen LogP) is 2.85. The molecule has 0 aliphatic carbocycles. The van der Waals surface area contributed by atoms with Crippen molar-refractivity contribution in [3.8, 4) is 0 Å². The SMILES string of the molecule is Cc1ccc(C=CC(=O)NC(C)c2ccccc2NS(C)(=O)=O)o1. The van der Waals surface area contributed by atoms with E-state index in [0.717, 1.165) is 12.0 Å². The second kappa shape index (κ2) is 7.35. The molecule has 0 aliphatic heterocycles. The number of anilines is 1. The quantitative estimate of drug-likeness (QED) is 0.786. The summed E-state index contributed by atoms with van der Waals surface area (Å²) in [5.41, 5.74) is 1.12. The summed E-state index contributed by atoms with van der Waals surface area (Å²) in [7, 11) is -3.39. The minimum absolute atomic E-state index is 0.300. The number of carbonyl (C=O) groups excluding carboxylic acids is 1. The van der Waals surface area contributed by atoms with Crippen LogP contribution in [-0.4, -0.2) is 20.6 Å². The van der Waals surface area contributed by atoms with Gasteiger partial charge < -0.3 is 9.73 Å². The van der Waals surface area contributed by atoms with E-state index in [1.165, 1.54) is 6.08 Å². The van der Waals surface area contributed by atoms with Gasteiger partial charge in [-0.15, -0.1) is 0 Å². The molecule has 2 N–H and O–H groups in total. The molecule has 0 saturated carbocycles. The molecule has 1 aromatic heterocycles. The summed E-state index contributed by atoms with van der Waals surface area (Å²) in [5, 5.41) is 2.80. The number of nitrogens with one attached hydrogen (secondary N) is 2. The lowest BCUT2D eigenvalue weighted by Gasteiger charge is -2.17. The van der Waals surface area contributed by atoms with Crippen molar-refractivity contribution in [1.82, 2.24) is 5.32 Å². The van der Waals surface area contributed by atoms with Crippen LogP contribution in [0.4, 0.5) is 5.69 Å². The average Bonchev–Trinajstić information content (AvgIpc) is 2.89. The minimum atomic E-state index is -3.39. The number of hydrogen-bond acceptors (Lipinski definition) is 4. The van der Waals surface area contributed by atoms with Crippen molar-refractivity contribution in [2.45, 2.75) is 19.9 Å². The summed E-state index contributed by atoms with van der Waals surface area (Å²) in [6.07, 6.45) is 4.04. The Labute approximate surface area is 141 Å². The Morgan fingerprint density at radius 2 is 1.92 bits per heavy atom. The number of furan rings is 1. The number of carbonyl (C=O) groups is 1. The molecule has 1 heterocycles. The second-order valence-corrected chi connectivity index (χ2v) is 7.22. The number of benzene rings is 1. The maximum absolute atomic E-state index is 12.0. The Hall–Kier alpha value is -2.54. The van der Waals surface area contributed by atoms with E-state index in [2.05, 4.69) is 10.0 Å². The van der Waals surface area contributed by atoms with E-state index >= 15 is 0 Å². The fourth-order valence-electron chi connectivity index (χ4n) is 2.21. The zero-order chi connectivity index (χ0) is 17.7. The Kier molecular flexibility index (Phi) is 5.46. The Morgan fingerprint density at radius 1 is 1.21 bits per heavy atom. The van der Waals surface area contributed by atoms with Crippen LogP contribution >= 0.6 is 0 Å². The molecule has 1 unspecified atom stereocenters. The molecule has 0 radical (unpaired) electrons. The van der Waals surface area contributed by atoms with Gasteiger partial charge in [0.05, 0.1) is 18.0 Å². The number of hydrogen-bond donors (Lipinski definition) is 2. The van der Waals surface area contributed by atoms with Crippen molar-refractivity contribution in [1.29, 1.82) is 0 Å². The van der Waals surface area contributed by atoms with Crippen LogP contribution in [0.25, 0.3) is 6.08 Å². The molecule has 2 rings (SSSR count). The first-order valence-electron chi connectivity index (χ1n) is 7.36. The third kappa shape index (κ3) is 5.27. The van der Waals surface area contributed by atoms with Crippen molar-refractivity contribution in [3.05, 3.63) is 59.6 Å². The minimum Gasteiger partial charge on any atom is -0.462 e. The monoisotopic (exact) mass is 348 g/mol. The Balaban J connectivity index is 2.08. The summed E-state index contributed by atoms with van der Waals surface area (Å²) in [6.45, 7) is 3.61. The molecule has 0 fully saturated rings. The molecule has 128 valence electrons. The molecule has 0 spiro atoms. The highest BCUT2D eigenvalue weighted by atomic mass is 32.2. The Bertz CT molecular complexity index is 853. The molecule has 1 amide bonds. The van der Waals surface area contributed by atoms with Gasteiger partial charge in [-0.2, -0.15) is 0 Å². The number of rotatable bonds is 6. The highest BCUT2D eigenvalue weighted by molar-refractivity contribution is 7.92.